The van der Waals surface area contributed by atoms with E-state index in [0.29, 0.717) is 0 Å². The molecule has 1 N–H and O–H groups in total. The minimum atomic E-state index is -0.295. The van der Waals surface area contributed by atoms with Gasteiger partial charge in [-0.25, -0.2) is 9.97 Å². The number of halogens is 1. The fourth-order valence-electron chi connectivity index (χ4n) is 2.17. The molecule has 0 aliphatic carbocycles. The summed E-state index contributed by atoms with van der Waals surface area (Å²) in [4.78, 5) is 19.8. The Morgan fingerprint density at radius 1 is 1.22 bits per heavy atom. The molecule has 0 saturated carbocycles. The Hall–Kier alpha value is -1.16. The molecule has 1 amide bonds. The van der Waals surface area contributed by atoms with Gasteiger partial charge in [-0.05, 0) is 25.7 Å². The molecule has 0 fully saturated rings. The number of amides is 1. The molecule has 0 radical (unpaired) electrons. The van der Waals surface area contributed by atoms with Crippen molar-refractivity contribution >= 4 is 17.5 Å². The average Bonchev–Trinajstić information content (AvgIpc) is 2.13. The van der Waals surface area contributed by atoms with Crippen molar-refractivity contribution in [1.82, 2.24) is 15.3 Å². The molecule has 1 heterocycles. The van der Waals surface area contributed by atoms with Gasteiger partial charge in [0.15, 0.2) is 0 Å². The topological polar surface area (TPSA) is 54.9 Å². The van der Waals surface area contributed by atoms with Crippen molar-refractivity contribution < 1.29 is 4.79 Å². The van der Waals surface area contributed by atoms with E-state index in [1.807, 2.05) is 13.8 Å². The maximum Gasteiger partial charge on any atom is 0.271 e. The van der Waals surface area contributed by atoms with E-state index in [4.69, 9.17) is 11.6 Å². The predicted molar refractivity (Wildman–Crippen MR) is 72.7 cm³/mol. The summed E-state index contributed by atoms with van der Waals surface area (Å²) in [5, 5.41) is 3.24. The van der Waals surface area contributed by atoms with Gasteiger partial charge in [-0.3, -0.25) is 4.79 Å². The first kappa shape index (κ1) is 14.9. The van der Waals surface area contributed by atoms with E-state index in [2.05, 4.69) is 36.1 Å². The summed E-state index contributed by atoms with van der Waals surface area (Å²) in [6.45, 7) is 10.4. The van der Waals surface area contributed by atoms with Crippen molar-refractivity contribution in [2.24, 2.45) is 5.41 Å². The summed E-state index contributed by atoms with van der Waals surface area (Å²) in [6, 6.07) is 0. The maximum atomic E-state index is 12.0. The minimum absolute atomic E-state index is 0.141. The van der Waals surface area contributed by atoms with Gasteiger partial charge in [-0.15, -0.1) is 0 Å². The molecule has 0 aliphatic rings. The van der Waals surface area contributed by atoms with Gasteiger partial charge in [0, 0.05) is 5.54 Å². The van der Waals surface area contributed by atoms with Crippen molar-refractivity contribution in [2.45, 2.75) is 46.6 Å². The molecule has 0 unspecified atom stereocenters. The van der Waals surface area contributed by atoms with E-state index in [1.165, 1.54) is 12.4 Å². The quantitative estimate of drug-likeness (QED) is 0.917. The SMILES string of the molecule is CC(C)(C)CC(C)(C)NC(=O)c1cnc(Cl)cn1. The lowest BCUT2D eigenvalue weighted by molar-refractivity contribution is 0.0886. The molecule has 4 nitrogen and oxygen atoms in total. The van der Waals surface area contributed by atoms with Crippen molar-refractivity contribution in [3.63, 3.8) is 0 Å². The highest BCUT2D eigenvalue weighted by molar-refractivity contribution is 6.29. The second-order valence-electron chi connectivity index (χ2n) is 6.30. The number of rotatable bonds is 3. The van der Waals surface area contributed by atoms with Crippen LogP contribution in [0.5, 0.6) is 0 Å². The summed E-state index contributed by atoms with van der Waals surface area (Å²) in [7, 11) is 0. The van der Waals surface area contributed by atoms with E-state index in [-0.39, 0.29) is 27.7 Å². The van der Waals surface area contributed by atoms with Gasteiger partial charge in [-0.1, -0.05) is 32.4 Å². The monoisotopic (exact) mass is 269 g/mol. The number of nitrogens with one attached hydrogen (secondary N) is 1. The fraction of sp³-hybridized carbons (Fsp3) is 0.615. The van der Waals surface area contributed by atoms with E-state index in [0.717, 1.165) is 6.42 Å². The van der Waals surface area contributed by atoms with Crippen LogP contribution in [0.1, 0.15) is 51.5 Å². The highest BCUT2D eigenvalue weighted by Gasteiger charge is 2.27. The molecule has 100 valence electrons. The van der Waals surface area contributed by atoms with Gasteiger partial charge >= 0.3 is 0 Å². The molecule has 1 aromatic heterocycles. The number of hydrogen-bond donors (Lipinski definition) is 1. The van der Waals surface area contributed by atoms with Crippen LogP contribution in [0, 0.1) is 5.41 Å². The second-order valence-corrected chi connectivity index (χ2v) is 6.69. The average molecular weight is 270 g/mol. The molecule has 1 rings (SSSR count). The van der Waals surface area contributed by atoms with Crippen LogP contribution in [0.4, 0.5) is 0 Å². The third-order valence-electron chi connectivity index (χ3n) is 2.28. The first-order valence-corrected chi connectivity index (χ1v) is 6.27. The van der Waals surface area contributed by atoms with Crippen LogP contribution in [0.3, 0.4) is 0 Å². The molecule has 0 atom stereocenters. The molecular weight excluding hydrogens is 250 g/mol. The van der Waals surface area contributed by atoms with Crippen molar-refractivity contribution in [2.75, 3.05) is 0 Å². The molecule has 18 heavy (non-hydrogen) atoms. The Labute approximate surface area is 113 Å². The van der Waals surface area contributed by atoms with Crippen LogP contribution >= 0.6 is 11.6 Å². The lowest BCUT2D eigenvalue weighted by atomic mass is 9.82. The van der Waals surface area contributed by atoms with E-state index < -0.39 is 0 Å². The zero-order valence-electron chi connectivity index (χ0n) is 11.5. The molecule has 0 aromatic carbocycles. The number of nitrogens with zero attached hydrogens (tertiary/aromatic N) is 2. The number of hydrogen-bond acceptors (Lipinski definition) is 3. The lowest BCUT2D eigenvalue weighted by Crippen LogP contribution is -2.46. The summed E-state index contributed by atoms with van der Waals surface area (Å²) >= 11 is 5.63. The third kappa shape index (κ3) is 5.00. The Morgan fingerprint density at radius 3 is 2.28 bits per heavy atom. The predicted octanol–water partition coefficient (Wildman–Crippen LogP) is 3.07. The normalized spacial score (nSPS) is 12.3. The molecule has 0 bridgehead atoms. The van der Waals surface area contributed by atoms with Crippen molar-refractivity contribution in [1.29, 1.82) is 0 Å². The number of carbonyl (C=O) groups excluding carboxylic acids is 1. The highest BCUT2D eigenvalue weighted by Crippen LogP contribution is 2.26. The molecule has 0 spiro atoms. The second kappa shape index (κ2) is 5.22. The van der Waals surface area contributed by atoms with Gasteiger partial charge in [0.05, 0.1) is 12.4 Å². The van der Waals surface area contributed by atoms with E-state index >= 15 is 0 Å². The smallest absolute Gasteiger partial charge is 0.271 e. The Morgan fingerprint density at radius 2 is 1.83 bits per heavy atom. The maximum absolute atomic E-state index is 12.0. The van der Waals surface area contributed by atoms with Crippen LogP contribution in [-0.2, 0) is 0 Å². The Kier molecular flexibility index (Phi) is 4.32. The van der Waals surface area contributed by atoms with E-state index in [9.17, 15) is 4.79 Å². The van der Waals surface area contributed by atoms with Crippen molar-refractivity contribution in [3.8, 4) is 0 Å². The lowest BCUT2D eigenvalue weighted by Gasteiger charge is -2.33. The largest absolute Gasteiger partial charge is 0.346 e. The van der Waals surface area contributed by atoms with Crippen LogP contribution < -0.4 is 5.32 Å². The van der Waals surface area contributed by atoms with Crippen LogP contribution in [0.15, 0.2) is 12.4 Å². The fourth-order valence-corrected chi connectivity index (χ4v) is 2.27. The van der Waals surface area contributed by atoms with Crippen molar-refractivity contribution in [3.05, 3.63) is 23.2 Å². The molecule has 1 aromatic rings. The first-order chi connectivity index (χ1) is 8.09. The standard InChI is InChI=1S/C13H20ClN3O/c1-12(2,3)8-13(4,5)17-11(18)9-6-16-10(14)7-15-9/h6-7H,8H2,1-5H3,(H,17,18). The van der Waals surface area contributed by atoms with Gasteiger partial charge in [0.1, 0.15) is 10.8 Å². The molecule has 5 heteroatoms. The van der Waals surface area contributed by atoms with Gasteiger partial charge in [0.2, 0.25) is 0 Å². The van der Waals surface area contributed by atoms with Gasteiger partial charge < -0.3 is 5.32 Å². The zero-order valence-corrected chi connectivity index (χ0v) is 12.3. The Bertz CT molecular complexity index is 421. The molecule has 0 aliphatic heterocycles. The zero-order chi connectivity index (χ0) is 14.0. The van der Waals surface area contributed by atoms with Crippen LogP contribution in [0.2, 0.25) is 5.15 Å². The number of carbonyl (C=O) groups is 1. The molecule has 0 saturated heterocycles. The first-order valence-electron chi connectivity index (χ1n) is 5.89. The number of aromatic nitrogens is 2. The summed E-state index contributed by atoms with van der Waals surface area (Å²) in [5.74, 6) is -0.228. The van der Waals surface area contributed by atoms with Gasteiger partial charge in [-0.2, -0.15) is 0 Å². The minimum Gasteiger partial charge on any atom is -0.346 e. The van der Waals surface area contributed by atoms with Gasteiger partial charge in [0.25, 0.3) is 5.91 Å². The summed E-state index contributed by atoms with van der Waals surface area (Å²) in [6.07, 6.45) is 3.62. The molecular formula is C13H20ClN3O. The summed E-state index contributed by atoms with van der Waals surface area (Å²) < 4.78 is 0. The highest BCUT2D eigenvalue weighted by atomic mass is 35.5. The van der Waals surface area contributed by atoms with E-state index in [1.54, 1.807) is 0 Å². The third-order valence-corrected chi connectivity index (χ3v) is 2.47. The Balaban J connectivity index is 2.72. The van der Waals surface area contributed by atoms with Crippen LogP contribution in [-0.4, -0.2) is 21.4 Å². The summed E-state index contributed by atoms with van der Waals surface area (Å²) in [5.41, 5.74) is 0.125. The van der Waals surface area contributed by atoms with Crippen LogP contribution in [0.25, 0.3) is 0 Å².